The molecule has 0 saturated carbocycles. The minimum Gasteiger partial charge on any atom is -0.490 e. The quantitative estimate of drug-likeness (QED) is 0.634. The van der Waals surface area contributed by atoms with Crippen molar-refractivity contribution in [2.75, 3.05) is 13.2 Å². The van der Waals surface area contributed by atoms with Crippen molar-refractivity contribution in [3.05, 3.63) is 64.4 Å². The normalized spacial score (nSPS) is 11.8. The number of benzene rings is 2. The third kappa shape index (κ3) is 4.74. The van der Waals surface area contributed by atoms with E-state index in [1.807, 2.05) is 45.0 Å². The maximum Gasteiger partial charge on any atom is 0.242 e. The van der Waals surface area contributed by atoms with Crippen molar-refractivity contribution >= 4 is 16.8 Å². The molecule has 1 atom stereocenters. The molecule has 2 aromatic carbocycles. The van der Waals surface area contributed by atoms with Crippen LogP contribution in [0.2, 0.25) is 0 Å². The fourth-order valence-electron chi connectivity index (χ4n) is 3.13. The van der Waals surface area contributed by atoms with Gasteiger partial charge in [-0.3, -0.25) is 14.3 Å². The summed E-state index contributed by atoms with van der Waals surface area (Å²) in [4.78, 5) is 24.5. The highest BCUT2D eigenvalue weighted by molar-refractivity contribution is 5.81. The predicted molar refractivity (Wildman–Crippen MR) is 111 cm³/mol. The van der Waals surface area contributed by atoms with E-state index < -0.39 is 0 Å². The number of carbonyl (C=O) groups excluding carboxylic acids is 1. The van der Waals surface area contributed by atoms with E-state index in [-0.39, 0.29) is 23.9 Å². The van der Waals surface area contributed by atoms with Gasteiger partial charge in [-0.25, -0.2) is 0 Å². The van der Waals surface area contributed by atoms with Gasteiger partial charge in [0.15, 0.2) is 11.5 Å². The first-order chi connectivity index (χ1) is 14.0. The zero-order chi connectivity index (χ0) is 20.8. The Bertz CT molecular complexity index is 1060. The van der Waals surface area contributed by atoms with E-state index in [4.69, 9.17) is 9.47 Å². The van der Waals surface area contributed by atoms with Crippen molar-refractivity contribution in [3.63, 3.8) is 0 Å². The molecule has 29 heavy (non-hydrogen) atoms. The van der Waals surface area contributed by atoms with Gasteiger partial charge in [0.2, 0.25) is 11.3 Å². The second kappa shape index (κ2) is 9.23. The van der Waals surface area contributed by atoms with Gasteiger partial charge in [-0.1, -0.05) is 18.2 Å². The average Bonchev–Trinajstić information content (AvgIpc) is 2.72. The molecule has 3 aromatic rings. The van der Waals surface area contributed by atoms with Crippen molar-refractivity contribution in [2.24, 2.45) is 0 Å². The standard InChI is InChI=1S/C22H25N3O4/c1-4-28-20-11-10-16(12-21(20)29-5-2)15(3)24-22(27)14-25-18-9-7-6-8-17(18)19(26)13-23-25/h6-13,15H,4-5,14H2,1-3H3,(H,24,27)/t15-/m0/s1. The SMILES string of the molecule is CCOc1ccc([C@H](C)NC(=O)Cn2ncc(=O)c3ccccc32)cc1OCC. The molecular formula is C22H25N3O4. The maximum atomic E-state index is 12.6. The molecule has 1 amide bonds. The molecule has 0 aliphatic rings. The number of aromatic nitrogens is 2. The van der Waals surface area contributed by atoms with Gasteiger partial charge >= 0.3 is 0 Å². The van der Waals surface area contributed by atoms with E-state index in [0.29, 0.717) is 35.6 Å². The molecule has 1 heterocycles. The molecule has 0 saturated heterocycles. The molecule has 1 N–H and O–H groups in total. The lowest BCUT2D eigenvalue weighted by Gasteiger charge is -2.18. The van der Waals surface area contributed by atoms with Crippen molar-refractivity contribution in [2.45, 2.75) is 33.4 Å². The van der Waals surface area contributed by atoms with Gasteiger partial charge in [0.1, 0.15) is 6.54 Å². The van der Waals surface area contributed by atoms with Gasteiger partial charge in [-0.05, 0) is 50.6 Å². The first-order valence-electron chi connectivity index (χ1n) is 9.67. The smallest absolute Gasteiger partial charge is 0.242 e. The van der Waals surface area contributed by atoms with Gasteiger partial charge in [-0.15, -0.1) is 0 Å². The van der Waals surface area contributed by atoms with Crippen LogP contribution in [-0.4, -0.2) is 28.9 Å². The molecule has 0 bridgehead atoms. The predicted octanol–water partition coefficient (Wildman–Crippen LogP) is 3.07. The zero-order valence-electron chi connectivity index (χ0n) is 16.8. The van der Waals surface area contributed by atoms with Crippen LogP contribution in [0.1, 0.15) is 32.4 Å². The monoisotopic (exact) mass is 395 g/mol. The van der Waals surface area contributed by atoms with Crippen molar-refractivity contribution < 1.29 is 14.3 Å². The van der Waals surface area contributed by atoms with E-state index >= 15 is 0 Å². The lowest BCUT2D eigenvalue weighted by molar-refractivity contribution is -0.122. The number of amides is 1. The van der Waals surface area contributed by atoms with Crippen LogP contribution in [-0.2, 0) is 11.3 Å². The number of carbonyl (C=O) groups is 1. The fraction of sp³-hybridized carbons (Fsp3) is 0.318. The van der Waals surface area contributed by atoms with E-state index in [1.54, 1.807) is 18.2 Å². The Kier molecular flexibility index (Phi) is 6.49. The molecule has 3 rings (SSSR count). The molecule has 152 valence electrons. The minimum absolute atomic E-state index is 0.0144. The van der Waals surface area contributed by atoms with E-state index in [9.17, 15) is 9.59 Å². The van der Waals surface area contributed by atoms with Crippen LogP contribution < -0.4 is 20.2 Å². The van der Waals surface area contributed by atoms with Gasteiger partial charge in [0.05, 0.1) is 31.0 Å². The first-order valence-corrected chi connectivity index (χ1v) is 9.67. The summed E-state index contributed by atoms with van der Waals surface area (Å²) in [5, 5.41) is 7.61. The number of ether oxygens (including phenoxy) is 2. The second-order valence-corrected chi connectivity index (χ2v) is 6.55. The largest absolute Gasteiger partial charge is 0.490 e. The van der Waals surface area contributed by atoms with Crippen LogP contribution in [0.4, 0.5) is 0 Å². The van der Waals surface area contributed by atoms with Crippen LogP contribution in [0.15, 0.2) is 53.5 Å². The Labute approximate surface area is 169 Å². The van der Waals surface area contributed by atoms with Crippen molar-refractivity contribution in [1.29, 1.82) is 0 Å². The molecule has 0 radical (unpaired) electrons. The Morgan fingerprint density at radius 2 is 1.83 bits per heavy atom. The molecule has 1 aromatic heterocycles. The third-order valence-electron chi connectivity index (χ3n) is 4.50. The molecule has 0 aliphatic carbocycles. The highest BCUT2D eigenvalue weighted by Gasteiger charge is 2.14. The summed E-state index contributed by atoms with van der Waals surface area (Å²) in [6.07, 6.45) is 1.24. The van der Waals surface area contributed by atoms with Gasteiger partial charge in [-0.2, -0.15) is 5.10 Å². The Morgan fingerprint density at radius 1 is 1.10 bits per heavy atom. The molecule has 7 nitrogen and oxygen atoms in total. The number of rotatable bonds is 8. The number of fused-ring (bicyclic) bond motifs is 1. The molecule has 0 aliphatic heterocycles. The molecule has 7 heteroatoms. The number of hydrogen-bond donors (Lipinski definition) is 1. The molecule has 0 fully saturated rings. The highest BCUT2D eigenvalue weighted by atomic mass is 16.5. The summed E-state index contributed by atoms with van der Waals surface area (Å²) in [5.74, 6) is 1.13. The Morgan fingerprint density at radius 3 is 2.59 bits per heavy atom. The van der Waals surface area contributed by atoms with Crippen LogP contribution >= 0.6 is 0 Å². The van der Waals surface area contributed by atoms with Gasteiger partial charge in [0, 0.05) is 5.39 Å². The molecule has 0 spiro atoms. The number of nitrogens with one attached hydrogen (secondary N) is 1. The lowest BCUT2D eigenvalue weighted by Crippen LogP contribution is -2.31. The molecule has 0 unspecified atom stereocenters. The topological polar surface area (TPSA) is 82.5 Å². The fourth-order valence-corrected chi connectivity index (χ4v) is 3.13. The van der Waals surface area contributed by atoms with Crippen molar-refractivity contribution in [1.82, 2.24) is 15.1 Å². The summed E-state index contributed by atoms with van der Waals surface area (Å²) >= 11 is 0. The summed E-state index contributed by atoms with van der Waals surface area (Å²) < 4.78 is 12.8. The van der Waals surface area contributed by atoms with Gasteiger partial charge < -0.3 is 14.8 Å². The van der Waals surface area contributed by atoms with Crippen LogP contribution in [0.3, 0.4) is 0 Å². The van der Waals surface area contributed by atoms with Gasteiger partial charge in [0.25, 0.3) is 0 Å². The lowest BCUT2D eigenvalue weighted by atomic mass is 10.1. The van der Waals surface area contributed by atoms with Crippen LogP contribution in [0.5, 0.6) is 11.5 Å². The van der Waals surface area contributed by atoms with E-state index in [1.165, 1.54) is 10.9 Å². The number of nitrogens with zero attached hydrogens (tertiary/aromatic N) is 2. The second-order valence-electron chi connectivity index (χ2n) is 6.55. The highest BCUT2D eigenvalue weighted by Crippen LogP contribution is 2.30. The van der Waals surface area contributed by atoms with Crippen LogP contribution in [0, 0.1) is 0 Å². The summed E-state index contributed by atoms with van der Waals surface area (Å²) in [6, 6.07) is 12.5. The summed E-state index contributed by atoms with van der Waals surface area (Å²) in [6.45, 7) is 6.82. The Balaban J connectivity index is 1.75. The summed E-state index contributed by atoms with van der Waals surface area (Å²) in [7, 11) is 0. The number of para-hydroxylation sites is 1. The minimum atomic E-state index is -0.233. The zero-order valence-corrected chi connectivity index (χ0v) is 16.8. The maximum absolute atomic E-state index is 12.6. The van der Waals surface area contributed by atoms with E-state index in [0.717, 1.165) is 5.56 Å². The first kappa shape index (κ1) is 20.4. The van der Waals surface area contributed by atoms with E-state index in [2.05, 4.69) is 10.4 Å². The molecular weight excluding hydrogens is 370 g/mol. The average molecular weight is 395 g/mol. The summed E-state index contributed by atoms with van der Waals surface area (Å²) in [5.41, 5.74) is 1.37. The third-order valence-corrected chi connectivity index (χ3v) is 4.50. The van der Waals surface area contributed by atoms with Crippen LogP contribution in [0.25, 0.3) is 10.9 Å². The number of hydrogen-bond acceptors (Lipinski definition) is 5. The van der Waals surface area contributed by atoms with Crippen molar-refractivity contribution in [3.8, 4) is 11.5 Å². The Hall–Kier alpha value is -3.35.